The van der Waals surface area contributed by atoms with E-state index in [0.29, 0.717) is 18.6 Å². The number of aryl methyl sites for hydroxylation is 1. The first kappa shape index (κ1) is 16.6. The molecule has 1 heterocycles. The minimum atomic E-state index is -0.117. The number of pyridine rings is 1. The van der Waals surface area contributed by atoms with Crippen LogP contribution in [0, 0.1) is 0 Å². The molecule has 1 aromatic heterocycles. The van der Waals surface area contributed by atoms with Crippen molar-refractivity contribution in [2.75, 3.05) is 0 Å². The van der Waals surface area contributed by atoms with Gasteiger partial charge in [0.05, 0.1) is 5.69 Å². The van der Waals surface area contributed by atoms with Crippen LogP contribution in [0.1, 0.15) is 23.2 Å². The van der Waals surface area contributed by atoms with Crippen molar-refractivity contribution >= 4 is 11.6 Å². The van der Waals surface area contributed by atoms with Crippen molar-refractivity contribution < 1.29 is 4.79 Å². The smallest absolute Gasteiger partial charge is 0.240 e. The third kappa shape index (κ3) is 4.85. The maximum Gasteiger partial charge on any atom is 0.240 e. The topological polar surface area (TPSA) is 54.4 Å². The Morgan fingerprint density at radius 2 is 1.56 bits per heavy atom. The average molecular weight is 329 g/mol. The third-order valence-electron chi connectivity index (χ3n) is 3.73. The van der Waals surface area contributed by atoms with Crippen molar-refractivity contribution in [3.8, 4) is 0 Å². The van der Waals surface area contributed by atoms with Gasteiger partial charge in [-0.15, -0.1) is 0 Å². The van der Waals surface area contributed by atoms with Gasteiger partial charge in [0.2, 0.25) is 5.91 Å². The Bertz CT molecular complexity index is 789. The number of rotatable bonds is 6. The van der Waals surface area contributed by atoms with Crippen LogP contribution in [0.4, 0.5) is 0 Å². The SMILES string of the molecule is O=C(CCc1ccccc1)N/N=C(/c1ccccc1)c1ccccn1. The molecule has 3 rings (SSSR count). The summed E-state index contributed by atoms with van der Waals surface area (Å²) in [5.41, 5.74) is 6.07. The van der Waals surface area contributed by atoms with E-state index in [9.17, 15) is 4.79 Å². The van der Waals surface area contributed by atoms with E-state index in [0.717, 1.165) is 16.8 Å². The Labute approximate surface area is 147 Å². The maximum atomic E-state index is 12.1. The molecule has 0 aliphatic rings. The summed E-state index contributed by atoms with van der Waals surface area (Å²) in [6, 6.07) is 25.3. The second-order valence-corrected chi connectivity index (χ2v) is 5.56. The van der Waals surface area contributed by atoms with Gasteiger partial charge in [0.25, 0.3) is 0 Å². The fourth-order valence-electron chi connectivity index (χ4n) is 2.45. The second kappa shape index (κ2) is 8.55. The molecule has 0 atom stereocenters. The van der Waals surface area contributed by atoms with Gasteiger partial charge in [-0.2, -0.15) is 5.10 Å². The molecule has 2 aromatic carbocycles. The molecule has 0 aliphatic carbocycles. The summed E-state index contributed by atoms with van der Waals surface area (Å²) in [4.78, 5) is 16.5. The molecule has 3 aromatic rings. The van der Waals surface area contributed by atoms with E-state index in [-0.39, 0.29) is 5.91 Å². The lowest BCUT2D eigenvalue weighted by Gasteiger charge is -2.07. The fourth-order valence-corrected chi connectivity index (χ4v) is 2.45. The molecule has 0 saturated carbocycles. The quantitative estimate of drug-likeness (QED) is 0.555. The van der Waals surface area contributed by atoms with Crippen LogP contribution in [-0.2, 0) is 11.2 Å². The van der Waals surface area contributed by atoms with Crippen molar-refractivity contribution in [3.05, 3.63) is 102 Å². The van der Waals surface area contributed by atoms with Gasteiger partial charge in [0, 0.05) is 18.2 Å². The van der Waals surface area contributed by atoms with Gasteiger partial charge in [-0.05, 0) is 24.1 Å². The van der Waals surface area contributed by atoms with Crippen LogP contribution >= 0.6 is 0 Å². The molecule has 4 nitrogen and oxygen atoms in total. The number of amides is 1. The lowest BCUT2D eigenvalue weighted by Crippen LogP contribution is -2.21. The van der Waals surface area contributed by atoms with Crippen molar-refractivity contribution in [2.24, 2.45) is 5.10 Å². The Balaban J connectivity index is 1.72. The van der Waals surface area contributed by atoms with Gasteiger partial charge >= 0.3 is 0 Å². The number of hydrazone groups is 1. The molecular formula is C21H19N3O. The van der Waals surface area contributed by atoms with Crippen LogP contribution in [0.2, 0.25) is 0 Å². The predicted octanol–water partition coefficient (Wildman–Crippen LogP) is 3.58. The van der Waals surface area contributed by atoms with Crippen molar-refractivity contribution in [1.82, 2.24) is 10.4 Å². The van der Waals surface area contributed by atoms with E-state index in [2.05, 4.69) is 15.5 Å². The summed E-state index contributed by atoms with van der Waals surface area (Å²) in [6.45, 7) is 0. The Morgan fingerprint density at radius 3 is 2.24 bits per heavy atom. The van der Waals surface area contributed by atoms with Crippen LogP contribution in [0.25, 0.3) is 0 Å². The highest BCUT2D eigenvalue weighted by atomic mass is 16.2. The Hall–Kier alpha value is -3.27. The van der Waals surface area contributed by atoms with Crippen LogP contribution in [-0.4, -0.2) is 16.6 Å². The van der Waals surface area contributed by atoms with Gasteiger partial charge in [-0.3, -0.25) is 9.78 Å². The molecule has 4 heteroatoms. The number of carbonyl (C=O) groups excluding carboxylic acids is 1. The molecule has 25 heavy (non-hydrogen) atoms. The Morgan fingerprint density at radius 1 is 0.880 bits per heavy atom. The van der Waals surface area contributed by atoms with E-state index < -0.39 is 0 Å². The molecule has 124 valence electrons. The van der Waals surface area contributed by atoms with E-state index in [1.807, 2.05) is 78.9 Å². The zero-order valence-electron chi connectivity index (χ0n) is 13.8. The molecule has 0 saturated heterocycles. The highest BCUT2D eigenvalue weighted by molar-refractivity contribution is 6.11. The Kier molecular flexibility index (Phi) is 5.67. The number of carbonyl (C=O) groups is 1. The van der Waals surface area contributed by atoms with Gasteiger partial charge in [-0.25, -0.2) is 5.43 Å². The minimum absolute atomic E-state index is 0.117. The largest absolute Gasteiger partial charge is 0.273 e. The van der Waals surface area contributed by atoms with Crippen LogP contribution in [0.15, 0.2) is 90.2 Å². The fraction of sp³-hybridized carbons (Fsp3) is 0.0952. The molecule has 1 amide bonds. The molecule has 0 fully saturated rings. The number of benzene rings is 2. The van der Waals surface area contributed by atoms with Gasteiger partial charge in [-0.1, -0.05) is 66.7 Å². The summed E-state index contributed by atoms with van der Waals surface area (Å²) >= 11 is 0. The highest BCUT2D eigenvalue weighted by Crippen LogP contribution is 2.08. The second-order valence-electron chi connectivity index (χ2n) is 5.56. The normalized spacial score (nSPS) is 11.1. The molecule has 0 aliphatic heterocycles. The summed E-state index contributed by atoms with van der Waals surface area (Å²) in [6.07, 6.45) is 2.79. The van der Waals surface area contributed by atoms with Gasteiger partial charge in [0.15, 0.2) is 0 Å². The first-order valence-corrected chi connectivity index (χ1v) is 8.20. The molecular weight excluding hydrogens is 310 g/mol. The molecule has 1 N–H and O–H groups in total. The predicted molar refractivity (Wildman–Crippen MR) is 99.2 cm³/mol. The lowest BCUT2D eigenvalue weighted by atomic mass is 10.1. The lowest BCUT2D eigenvalue weighted by molar-refractivity contribution is -0.121. The zero-order valence-corrected chi connectivity index (χ0v) is 13.8. The first-order chi connectivity index (χ1) is 12.3. The van der Waals surface area contributed by atoms with Gasteiger partial charge in [0.1, 0.15) is 5.71 Å². The minimum Gasteiger partial charge on any atom is -0.273 e. The molecule has 0 spiro atoms. The number of nitrogens with zero attached hydrogens (tertiary/aromatic N) is 2. The highest BCUT2D eigenvalue weighted by Gasteiger charge is 2.09. The first-order valence-electron chi connectivity index (χ1n) is 8.20. The van der Waals surface area contributed by atoms with E-state index in [1.54, 1.807) is 6.20 Å². The summed E-state index contributed by atoms with van der Waals surface area (Å²) in [5.74, 6) is -0.117. The van der Waals surface area contributed by atoms with Crippen LogP contribution in [0.3, 0.4) is 0 Å². The number of hydrogen-bond acceptors (Lipinski definition) is 3. The van der Waals surface area contributed by atoms with E-state index in [1.165, 1.54) is 0 Å². The third-order valence-corrected chi connectivity index (χ3v) is 3.73. The number of aromatic nitrogens is 1. The van der Waals surface area contributed by atoms with Crippen molar-refractivity contribution in [2.45, 2.75) is 12.8 Å². The van der Waals surface area contributed by atoms with Crippen LogP contribution in [0.5, 0.6) is 0 Å². The summed E-state index contributed by atoms with van der Waals surface area (Å²) in [5, 5.41) is 4.33. The van der Waals surface area contributed by atoms with E-state index in [4.69, 9.17) is 0 Å². The van der Waals surface area contributed by atoms with Gasteiger partial charge < -0.3 is 0 Å². The standard InChI is InChI=1S/C21H19N3O/c25-20(15-14-17-9-3-1-4-10-17)23-24-21(18-11-5-2-6-12-18)19-13-7-8-16-22-19/h1-13,16H,14-15H2,(H,23,25)/b24-21-. The monoisotopic (exact) mass is 329 g/mol. The summed E-state index contributed by atoms with van der Waals surface area (Å²) < 4.78 is 0. The zero-order chi connectivity index (χ0) is 17.3. The molecule has 0 bridgehead atoms. The van der Waals surface area contributed by atoms with Crippen LogP contribution < -0.4 is 5.43 Å². The number of hydrogen-bond donors (Lipinski definition) is 1. The average Bonchev–Trinajstić information content (AvgIpc) is 2.69. The summed E-state index contributed by atoms with van der Waals surface area (Å²) in [7, 11) is 0. The van der Waals surface area contributed by atoms with Crippen molar-refractivity contribution in [1.29, 1.82) is 0 Å². The maximum absolute atomic E-state index is 12.1. The number of nitrogens with one attached hydrogen (secondary N) is 1. The van der Waals surface area contributed by atoms with E-state index >= 15 is 0 Å². The van der Waals surface area contributed by atoms with Crippen molar-refractivity contribution in [3.63, 3.8) is 0 Å². The molecule has 0 radical (unpaired) electrons. The molecule has 0 unspecified atom stereocenters.